The Hall–Kier alpha value is -3.10. The molecule has 0 radical (unpaired) electrons. The molecule has 0 atom stereocenters. The van der Waals surface area contributed by atoms with Crippen LogP contribution in [0.4, 0.5) is 0 Å². The summed E-state index contributed by atoms with van der Waals surface area (Å²) in [6.45, 7) is 4.78. The highest BCUT2D eigenvalue weighted by molar-refractivity contribution is 7.26. The first-order valence-electron chi connectivity index (χ1n) is 10.1. The molecule has 8 rings (SSSR count). The van der Waals surface area contributed by atoms with E-state index in [1.807, 2.05) is 11.3 Å². The zero-order valence-electron chi connectivity index (χ0n) is 16.1. The molecule has 136 valence electrons. The Morgan fingerprint density at radius 1 is 0.690 bits per heavy atom. The van der Waals surface area contributed by atoms with Crippen molar-refractivity contribution in [1.82, 2.24) is 0 Å². The predicted octanol–water partition coefficient (Wildman–Crippen LogP) is 8.29. The van der Waals surface area contributed by atoms with Gasteiger partial charge < -0.3 is 4.42 Å². The Balaban J connectivity index is 1.79. The normalized spacial score (nSPS) is 15.5. The Bertz CT molecular complexity index is 1760. The second kappa shape index (κ2) is 4.39. The van der Waals surface area contributed by atoms with Crippen molar-refractivity contribution in [3.8, 4) is 11.1 Å². The van der Waals surface area contributed by atoms with Crippen LogP contribution in [0.2, 0.25) is 0 Å². The lowest BCUT2D eigenvalue weighted by atomic mass is 9.78. The molecule has 0 unspecified atom stereocenters. The highest BCUT2D eigenvalue weighted by atomic mass is 32.1. The molecule has 0 saturated heterocycles. The zero-order chi connectivity index (χ0) is 19.1. The number of hydrogen-bond donors (Lipinski definition) is 0. The third-order valence-electron chi connectivity index (χ3n) is 7.16. The van der Waals surface area contributed by atoms with Gasteiger partial charge in [-0.2, -0.15) is 0 Å². The van der Waals surface area contributed by atoms with E-state index in [1.54, 1.807) is 0 Å². The molecule has 0 N–H and O–H groups in total. The maximum absolute atomic E-state index is 6.32. The van der Waals surface area contributed by atoms with Gasteiger partial charge in [0.15, 0.2) is 0 Å². The van der Waals surface area contributed by atoms with E-state index in [-0.39, 0.29) is 5.41 Å². The van der Waals surface area contributed by atoms with E-state index in [4.69, 9.17) is 4.42 Å². The summed E-state index contributed by atoms with van der Waals surface area (Å²) >= 11 is 1.92. The van der Waals surface area contributed by atoms with E-state index in [1.165, 1.54) is 64.0 Å². The summed E-state index contributed by atoms with van der Waals surface area (Å²) in [7, 11) is 0. The van der Waals surface area contributed by atoms with Crippen molar-refractivity contribution in [3.05, 3.63) is 71.8 Å². The minimum absolute atomic E-state index is 0.0435. The predicted molar refractivity (Wildman–Crippen MR) is 124 cm³/mol. The number of furan rings is 1. The van der Waals surface area contributed by atoms with Crippen molar-refractivity contribution in [3.63, 3.8) is 0 Å². The van der Waals surface area contributed by atoms with Crippen LogP contribution in [-0.2, 0) is 5.41 Å². The van der Waals surface area contributed by atoms with Crippen molar-refractivity contribution in [2.24, 2.45) is 0 Å². The average Bonchev–Trinajstić information content (AvgIpc) is 3.36. The molecule has 0 amide bonds. The fourth-order valence-corrected chi connectivity index (χ4v) is 7.19. The quantitative estimate of drug-likeness (QED) is 0.258. The topological polar surface area (TPSA) is 13.1 Å². The van der Waals surface area contributed by atoms with Crippen LogP contribution < -0.4 is 0 Å². The van der Waals surface area contributed by atoms with E-state index in [0.29, 0.717) is 0 Å². The third kappa shape index (κ3) is 1.45. The van der Waals surface area contributed by atoms with E-state index in [2.05, 4.69) is 74.5 Å². The van der Waals surface area contributed by atoms with Gasteiger partial charge in [-0.25, -0.2) is 0 Å². The first kappa shape index (κ1) is 14.8. The lowest BCUT2D eigenvalue weighted by Crippen LogP contribution is -2.16. The standard InChI is InChI=1S/C27H16OS/c1-27(2)15-8-9-16-21-20(15)25-24-19(12-14(26(25)27)13-6-4-3-5-7-13)29-18-11-10-17(28-16)22(21)23(18)24/h3-12H,1-2H3. The summed E-state index contributed by atoms with van der Waals surface area (Å²) in [4.78, 5) is 0. The van der Waals surface area contributed by atoms with E-state index >= 15 is 0 Å². The maximum Gasteiger partial charge on any atom is 0.136 e. The van der Waals surface area contributed by atoms with Crippen molar-refractivity contribution in [1.29, 1.82) is 0 Å². The summed E-state index contributed by atoms with van der Waals surface area (Å²) in [5.74, 6) is 0. The van der Waals surface area contributed by atoms with Crippen LogP contribution in [0.5, 0.6) is 0 Å². The van der Waals surface area contributed by atoms with Gasteiger partial charge in [-0.3, -0.25) is 0 Å². The van der Waals surface area contributed by atoms with Gasteiger partial charge in [0.1, 0.15) is 11.2 Å². The molecule has 1 nitrogen and oxygen atoms in total. The molecular weight excluding hydrogens is 372 g/mol. The highest BCUT2D eigenvalue weighted by Crippen LogP contribution is 2.59. The molecule has 2 heterocycles. The van der Waals surface area contributed by atoms with Gasteiger partial charge in [-0.1, -0.05) is 50.2 Å². The monoisotopic (exact) mass is 388 g/mol. The lowest BCUT2D eigenvalue weighted by Gasteiger charge is -2.25. The summed E-state index contributed by atoms with van der Waals surface area (Å²) in [5.41, 5.74) is 7.58. The van der Waals surface area contributed by atoms with Gasteiger partial charge in [0.05, 0.1) is 0 Å². The molecule has 0 bridgehead atoms. The Morgan fingerprint density at radius 2 is 1.41 bits per heavy atom. The van der Waals surface area contributed by atoms with Crippen LogP contribution in [0.1, 0.15) is 25.0 Å². The zero-order valence-corrected chi connectivity index (χ0v) is 16.9. The van der Waals surface area contributed by atoms with Crippen LogP contribution in [0.3, 0.4) is 0 Å². The van der Waals surface area contributed by atoms with E-state index in [9.17, 15) is 0 Å². The fourth-order valence-electron chi connectivity index (χ4n) is 6.03. The summed E-state index contributed by atoms with van der Waals surface area (Å²) in [6.07, 6.45) is 0. The molecule has 0 spiro atoms. The second-order valence-electron chi connectivity index (χ2n) is 8.92. The first-order chi connectivity index (χ1) is 14.1. The second-order valence-corrected chi connectivity index (χ2v) is 10.00. The fraction of sp³-hybridized carbons (Fsp3) is 0.111. The molecule has 1 aliphatic carbocycles. The van der Waals surface area contributed by atoms with Crippen molar-refractivity contribution >= 4 is 64.2 Å². The lowest BCUT2D eigenvalue weighted by molar-refractivity contribution is 0.659. The Morgan fingerprint density at radius 3 is 2.24 bits per heavy atom. The van der Waals surface area contributed by atoms with Gasteiger partial charge in [0.2, 0.25) is 0 Å². The molecular formula is C27H16OS. The number of thiophene rings is 1. The molecule has 5 aromatic carbocycles. The highest BCUT2D eigenvalue weighted by Gasteiger charge is 2.39. The van der Waals surface area contributed by atoms with Crippen LogP contribution >= 0.6 is 11.3 Å². The molecule has 2 aromatic heterocycles. The van der Waals surface area contributed by atoms with E-state index < -0.39 is 0 Å². The number of rotatable bonds is 1. The van der Waals surface area contributed by atoms with Gasteiger partial charge >= 0.3 is 0 Å². The van der Waals surface area contributed by atoms with Gasteiger partial charge in [0, 0.05) is 36.4 Å². The van der Waals surface area contributed by atoms with Gasteiger partial charge in [0.25, 0.3) is 0 Å². The Labute approximate surface area is 170 Å². The molecule has 1 aliphatic rings. The first-order valence-corrected chi connectivity index (χ1v) is 10.9. The number of hydrogen-bond acceptors (Lipinski definition) is 2. The SMILES string of the molecule is CC1(C)c2ccc3oc4ccc5sc6cc(-c7ccccc7)c1c1c2c3c4c5c61. The molecule has 0 saturated carbocycles. The van der Waals surface area contributed by atoms with Gasteiger partial charge in [-0.05, 0) is 57.3 Å². The van der Waals surface area contributed by atoms with Crippen LogP contribution in [0.15, 0.2) is 65.1 Å². The van der Waals surface area contributed by atoms with Crippen LogP contribution in [-0.4, -0.2) is 0 Å². The molecule has 7 aromatic rings. The molecule has 0 fully saturated rings. The van der Waals surface area contributed by atoms with Crippen molar-refractivity contribution in [2.75, 3.05) is 0 Å². The van der Waals surface area contributed by atoms with E-state index in [0.717, 1.165) is 11.2 Å². The average molecular weight is 388 g/mol. The minimum Gasteiger partial charge on any atom is -0.456 e. The smallest absolute Gasteiger partial charge is 0.136 e. The third-order valence-corrected chi connectivity index (χ3v) is 8.26. The van der Waals surface area contributed by atoms with Crippen LogP contribution in [0, 0.1) is 0 Å². The molecule has 29 heavy (non-hydrogen) atoms. The summed E-state index contributed by atoms with van der Waals surface area (Å²) < 4.78 is 9.07. The minimum atomic E-state index is -0.0435. The van der Waals surface area contributed by atoms with Crippen LogP contribution in [0.25, 0.3) is 64.0 Å². The Kier molecular flexibility index (Phi) is 2.25. The van der Waals surface area contributed by atoms with Gasteiger partial charge in [-0.15, -0.1) is 11.3 Å². The number of benzene rings is 5. The largest absolute Gasteiger partial charge is 0.456 e. The molecule has 2 heteroatoms. The maximum atomic E-state index is 6.32. The summed E-state index contributed by atoms with van der Waals surface area (Å²) in [5, 5.41) is 8.37. The summed E-state index contributed by atoms with van der Waals surface area (Å²) in [6, 6.07) is 22.2. The van der Waals surface area contributed by atoms with Crippen molar-refractivity contribution < 1.29 is 4.42 Å². The van der Waals surface area contributed by atoms with Crippen molar-refractivity contribution in [2.45, 2.75) is 19.3 Å². The molecule has 0 aliphatic heterocycles.